The van der Waals surface area contributed by atoms with E-state index in [2.05, 4.69) is 16.2 Å². The number of halogens is 2. The Balaban J connectivity index is 1.61. The molecular formula is C23H17F2N5S. The average Bonchev–Trinajstić information content (AvgIpc) is 3.27. The summed E-state index contributed by atoms with van der Waals surface area (Å²) in [7, 11) is 0. The van der Waals surface area contributed by atoms with Crippen LogP contribution in [0, 0.1) is 23.0 Å². The van der Waals surface area contributed by atoms with Crippen LogP contribution < -0.4 is 0 Å². The van der Waals surface area contributed by atoms with Crippen LogP contribution in [0.4, 0.5) is 8.78 Å². The van der Waals surface area contributed by atoms with Crippen molar-refractivity contribution < 1.29 is 8.78 Å². The molecular weight excluding hydrogens is 416 g/mol. The highest BCUT2D eigenvalue weighted by molar-refractivity contribution is 7.10. The van der Waals surface area contributed by atoms with E-state index in [0.29, 0.717) is 11.1 Å². The van der Waals surface area contributed by atoms with Crippen molar-refractivity contribution in [3.63, 3.8) is 0 Å². The van der Waals surface area contributed by atoms with Gasteiger partial charge in [0, 0.05) is 22.4 Å². The molecule has 4 aromatic rings. The zero-order valence-corrected chi connectivity index (χ0v) is 17.6. The highest BCUT2D eigenvalue weighted by Crippen LogP contribution is 2.73. The molecule has 1 fully saturated rings. The van der Waals surface area contributed by atoms with Gasteiger partial charge >= 0.3 is 0 Å². The van der Waals surface area contributed by atoms with Crippen molar-refractivity contribution in [2.45, 2.75) is 30.7 Å². The fourth-order valence-electron chi connectivity index (χ4n) is 4.69. The van der Waals surface area contributed by atoms with Gasteiger partial charge in [-0.25, -0.2) is 23.4 Å². The van der Waals surface area contributed by atoms with Gasteiger partial charge in [-0.3, -0.25) is 0 Å². The lowest BCUT2D eigenvalue weighted by Crippen LogP contribution is -2.17. The molecule has 0 radical (unpaired) electrons. The number of hydrogen-bond acceptors (Lipinski definition) is 5. The Hall–Kier alpha value is -3.44. The van der Waals surface area contributed by atoms with Crippen molar-refractivity contribution in [3.8, 4) is 17.3 Å². The van der Waals surface area contributed by atoms with Gasteiger partial charge in [0.15, 0.2) is 0 Å². The Kier molecular flexibility index (Phi) is 4.27. The van der Waals surface area contributed by atoms with Gasteiger partial charge in [0.1, 0.15) is 29.3 Å². The predicted molar refractivity (Wildman–Crippen MR) is 112 cm³/mol. The summed E-state index contributed by atoms with van der Waals surface area (Å²) in [4.78, 5) is 8.94. The first kappa shape index (κ1) is 19.5. The van der Waals surface area contributed by atoms with E-state index in [1.807, 2.05) is 31.4 Å². The van der Waals surface area contributed by atoms with Crippen molar-refractivity contribution in [1.82, 2.24) is 19.7 Å². The van der Waals surface area contributed by atoms with Gasteiger partial charge in [-0.1, -0.05) is 32.0 Å². The number of nitriles is 1. The number of rotatable bonds is 4. The van der Waals surface area contributed by atoms with Crippen LogP contribution in [0.15, 0.2) is 60.5 Å². The summed E-state index contributed by atoms with van der Waals surface area (Å²) in [6.07, 6.45) is 3.06. The summed E-state index contributed by atoms with van der Waals surface area (Å²) in [5, 5.41) is 16.1. The number of nitrogens with zero attached hydrogens (tertiary/aromatic N) is 5. The third-order valence-corrected chi connectivity index (χ3v) is 7.62. The number of hydrogen-bond donors (Lipinski definition) is 0. The molecule has 2 unspecified atom stereocenters. The van der Waals surface area contributed by atoms with E-state index in [4.69, 9.17) is 10.2 Å². The summed E-state index contributed by atoms with van der Waals surface area (Å²) in [5.41, 5.74) is 1.42. The van der Waals surface area contributed by atoms with E-state index in [-0.39, 0.29) is 6.04 Å². The second-order valence-electron chi connectivity index (χ2n) is 8.03. The zero-order valence-electron chi connectivity index (χ0n) is 16.8. The molecule has 8 heteroatoms. The van der Waals surface area contributed by atoms with Crippen molar-refractivity contribution in [3.05, 3.63) is 88.3 Å². The van der Waals surface area contributed by atoms with Crippen LogP contribution >= 0.6 is 11.3 Å². The molecule has 2 aromatic carbocycles. The van der Waals surface area contributed by atoms with Crippen molar-refractivity contribution in [2.24, 2.45) is 0 Å². The fraction of sp³-hybridized carbons (Fsp3) is 0.217. The Morgan fingerprint density at radius 3 is 2.52 bits per heavy atom. The molecule has 1 aliphatic carbocycles. The van der Waals surface area contributed by atoms with Gasteiger partial charge < -0.3 is 0 Å². The van der Waals surface area contributed by atoms with Gasteiger partial charge in [0.2, 0.25) is 0 Å². The molecule has 5 rings (SSSR count). The zero-order chi connectivity index (χ0) is 21.8. The first-order valence-electron chi connectivity index (χ1n) is 9.66. The summed E-state index contributed by atoms with van der Waals surface area (Å²) in [6, 6.07) is 12.8. The average molecular weight is 433 g/mol. The normalized spacial score (nSPS) is 24.7. The number of benzene rings is 2. The minimum Gasteiger partial charge on any atom is -0.248 e. The maximum atomic E-state index is 14.9. The molecule has 0 bridgehead atoms. The van der Waals surface area contributed by atoms with Crippen molar-refractivity contribution >= 4 is 11.3 Å². The quantitative estimate of drug-likeness (QED) is 0.453. The Morgan fingerprint density at radius 1 is 1.10 bits per heavy atom. The van der Waals surface area contributed by atoms with Crippen LogP contribution in [0.1, 0.15) is 36.0 Å². The van der Waals surface area contributed by atoms with E-state index in [0.717, 1.165) is 22.3 Å². The fourth-order valence-corrected chi connectivity index (χ4v) is 5.82. The molecule has 31 heavy (non-hydrogen) atoms. The third-order valence-electron chi connectivity index (χ3n) is 6.54. The minimum absolute atomic E-state index is 0.234. The van der Waals surface area contributed by atoms with Crippen LogP contribution in [0.3, 0.4) is 0 Å². The topological polar surface area (TPSA) is 67.4 Å². The van der Waals surface area contributed by atoms with Crippen LogP contribution in [-0.4, -0.2) is 19.7 Å². The SMILES string of the molecule is CC1(c2nc(-c3ccc(C#N)cc3)cs2)C(n2cncn2)[C@]1(C)c1ccc(F)cc1F. The van der Waals surface area contributed by atoms with Crippen molar-refractivity contribution in [1.29, 1.82) is 5.26 Å². The predicted octanol–water partition coefficient (Wildman–Crippen LogP) is 5.02. The summed E-state index contributed by atoms with van der Waals surface area (Å²) in [5.74, 6) is -1.19. The standard InChI is InChI=1S/C23H17F2N5S/c1-22(17-8-7-16(24)9-18(17)25)20(30-13-27-12-28-30)23(22,2)21-29-19(11-31-21)15-5-3-14(10-26)4-6-15/h3-9,11-13,20H,1-2H3/t20?,22-,23?/m0/s1. The third kappa shape index (κ3) is 2.73. The Bertz CT molecular complexity index is 1310. The summed E-state index contributed by atoms with van der Waals surface area (Å²) in [6.45, 7) is 3.99. The molecule has 1 saturated carbocycles. The molecule has 2 heterocycles. The number of aromatic nitrogens is 4. The second kappa shape index (κ2) is 6.79. The first-order valence-corrected chi connectivity index (χ1v) is 10.5. The van der Waals surface area contributed by atoms with Gasteiger partial charge in [-0.2, -0.15) is 10.4 Å². The van der Waals surface area contributed by atoms with Gasteiger partial charge in [-0.15, -0.1) is 11.3 Å². The van der Waals surface area contributed by atoms with Crippen molar-refractivity contribution in [2.75, 3.05) is 0 Å². The molecule has 1 aliphatic rings. The largest absolute Gasteiger partial charge is 0.248 e. The maximum Gasteiger partial charge on any atom is 0.137 e. The molecule has 154 valence electrons. The lowest BCUT2D eigenvalue weighted by molar-refractivity contribution is 0.519. The van der Waals surface area contributed by atoms with Crippen LogP contribution in [0.25, 0.3) is 11.3 Å². The molecule has 0 spiro atoms. The molecule has 5 nitrogen and oxygen atoms in total. The Morgan fingerprint density at radius 2 is 1.87 bits per heavy atom. The molecule has 0 aliphatic heterocycles. The first-order chi connectivity index (χ1) is 14.9. The summed E-state index contributed by atoms with van der Waals surface area (Å²) < 4.78 is 30.2. The number of thiazole rings is 1. The molecule has 0 amide bonds. The smallest absolute Gasteiger partial charge is 0.137 e. The van der Waals surface area contributed by atoms with Crippen LogP contribution in [0.5, 0.6) is 0 Å². The van der Waals surface area contributed by atoms with Gasteiger partial charge in [0.25, 0.3) is 0 Å². The van der Waals surface area contributed by atoms with Crippen LogP contribution in [-0.2, 0) is 10.8 Å². The van der Waals surface area contributed by atoms with E-state index >= 15 is 0 Å². The maximum absolute atomic E-state index is 14.9. The molecule has 0 N–H and O–H groups in total. The lowest BCUT2D eigenvalue weighted by atomic mass is 9.88. The monoisotopic (exact) mass is 433 g/mol. The second-order valence-corrected chi connectivity index (χ2v) is 8.89. The van der Waals surface area contributed by atoms with E-state index < -0.39 is 22.5 Å². The lowest BCUT2D eigenvalue weighted by Gasteiger charge is -2.17. The highest BCUT2D eigenvalue weighted by Gasteiger charge is 2.76. The molecule has 0 saturated heterocycles. The highest BCUT2D eigenvalue weighted by atomic mass is 32.1. The summed E-state index contributed by atoms with van der Waals surface area (Å²) >= 11 is 1.50. The minimum atomic E-state index is -0.696. The molecule has 2 aromatic heterocycles. The van der Waals surface area contributed by atoms with Crippen LogP contribution in [0.2, 0.25) is 0 Å². The van der Waals surface area contributed by atoms with E-state index in [1.165, 1.54) is 29.8 Å². The van der Waals surface area contributed by atoms with Gasteiger partial charge in [-0.05, 0) is 23.8 Å². The van der Waals surface area contributed by atoms with E-state index in [9.17, 15) is 8.78 Å². The van der Waals surface area contributed by atoms with E-state index in [1.54, 1.807) is 23.1 Å². The molecule has 3 atom stereocenters. The van der Waals surface area contributed by atoms with Gasteiger partial charge in [0.05, 0.1) is 28.8 Å². The Labute approximate surface area is 181 Å².